The van der Waals surface area contributed by atoms with Crippen LogP contribution in [0.1, 0.15) is 5.69 Å². The number of hydrogen-bond donors (Lipinski definition) is 3. The molecular formula is C8H11F3N4O2. The second-order valence-electron chi connectivity index (χ2n) is 3.27. The van der Waals surface area contributed by atoms with Crippen LogP contribution < -0.4 is 11.1 Å². The molecule has 0 aliphatic carbocycles. The highest BCUT2D eigenvalue weighted by Crippen LogP contribution is 2.18. The molecule has 1 rings (SSSR count). The normalized spacial score (nSPS) is 11.5. The predicted molar refractivity (Wildman–Crippen MR) is 53.2 cm³/mol. The maximum absolute atomic E-state index is 11.7. The van der Waals surface area contributed by atoms with E-state index >= 15 is 0 Å². The first-order valence-electron chi connectivity index (χ1n) is 4.54. The molecule has 1 heterocycles. The highest BCUT2D eigenvalue weighted by molar-refractivity contribution is 5.93. The lowest BCUT2D eigenvalue weighted by Gasteiger charge is -2.07. The summed E-state index contributed by atoms with van der Waals surface area (Å²) in [6.07, 6.45) is -4.46. The van der Waals surface area contributed by atoms with Crippen molar-refractivity contribution in [2.24, 2.45) is 0 Å². The van der Waals surface area contributed by atoms with E-state index in [-0.39, 0.29) is 11.5 Å². The molecule has 6 nitrogen and oxygen atoms in total. The molecular weight excluding hydrogens is 241 g/mol. The summed E-state index contributed by atoms with van der Waals surface area (Å²) in [5, 5.41) is 8.38. The smallest absolute Gasteiger partial charge is 0.394 e. The van der Waals surface area contributed by atoms with E-state index in [0.717, 1.165) is 0 Å². The van der Waals surface area contributed by atoms with Gasteiger partial charge in [-0.15, -0.1) is 0 Å². The number of ether oxygens (including phenoxy) is 1. The monoisotopic (exact) mass is 252 g/mol. The Labute approximate surface area is 94.3 Å². The number of halogens is 3. The minimum Gasteiger partial charge on any atom is -0.394 e. The van der Waals surface area contributed by atoms with Crippen LogP contribution in [0.2, 0.25) is 0 Å². The van der Waals surface area contributed by atoms with Crippen LogP contribution in [0.3, 0.4) is 0 Å². The van der Waals surface area contributed by atoms with Crippen LogP contribution in [0, 0.1) is 6.92 Å². The van der Waals surface area contributed by atoms with E-state index < -0.39 is 25.3 Å². The summed E-state index contributed by atoms with van der Waals surface area (Å²) >= 11 is 0. The van der Waals surface area contributed by atoms with Gasteiger partial charge in [0, 0.05) is 0 Å². The number of hydrogen-bond acceptors (Lipinski definition) is 4. The molecule has 0 saturated carbocycles. The number of nitrogens with zero attached hydrogens (tertiary/aromatic N) is 1. The van der Waals surface area contributed by atoms with Gasteiger partial charge in [-0.25, -0.2) is 0 Å². The molecule has 9 heteroatoms. The number of aromatic amines is 1. The van der Waals surface area contributed by atoms with Crippen LogP contribution in [0.5, 0.6) is 0 Å². The number of nitrogens with two attached hydrogens (primary N) is 1. The molecule has 0 aromatic carbocycles. The zero-order chi connectivity index (χ0) is 13.1. The van der Waals surface area contributed by atoms with Gasteiger partial charge in [-0.05, 0) is 6.92 Å². The average molecular weight is 252 g/mol. The zero-order valence-electron chi connectivity index (χ0n) is 8.89. The van der Waals surface area contributed by atoms with Crippen molar-refractivity contribution in [1.29, 1.82) is 0 Å². The van der Waals surface area contributed by atoms with Crippen molar-refractivity contribution in [2.45, 2.75) is 13.1 Å². The van der Waals surface area contributed by atoms with E-state index in [1.165, 1.54) is 0 Å². The number of carbonyl (C=O) groups is 1. The van der Waals surface area contributed by atoms with Crippen molar-refractivity contribution in [2.75, 3.05) is 24.3 Å². The molecule has 1 amide bonds. The Hall–Kier alpha value is -1.77. The third-order valence-electron chi connectivity index (χ3n) is 1.75. The van der Waals surface area contributed by atoms with Gasteiger partial charge in [-0.1, -0.05) is 0 Å². The Morgan fingerprint density at radius 3 is 2.71 bits per heavy atom. The van der Waals surface area contributed by atoms with Crippen LogP contribution in [-0.4, -0.2) is 35.5 Å². The quantitative estimate of drug-likeness (QED) is 0.739. The third kappa shape index (κ3) is 4.31. The summed E-state index contributed by atoms with van der Waals surface area (Å²) in [5.74, 6) is -0.685. The maximum Gasteiger partial charge on any atom is 0.411 e. The van der Waals surface area contributed by atoms with Crippen molar-refractivity contribution < 1.29 is 22.7 Å². The number of amides is 1. The second kappa shape index (κ2) is 5.04. The van der Waals surface area contributed by atoms with Crippen LogP contribution in [-0.2, 0) is 9.53 Å². The number of anilines is 2. The van der Waals surface area contributed by atoms with Crippen molar-refractivity contribution in [3.8, 4) is 0 Å². The van der Waals surface area contributed by atoms with Gasteiger partial charge in [0.15, 0.2) is 5.82 Å². The minimum atomic E-state index is -4.46. The van der Waals surface area contributed by atoms with E-state index in [9.17, 15) is 18.0 Å². The molecule has 0 atom stereocenters. The molecule has 0 aliphatic heterocycles. The van der Waals surface area contributed by atoms with Crippen molar-refractivity contribution >= 4 is 17.4 Å². The van der Waals surface area contributed by atoms with Crippen molar-refractivity contribution in [1.82, 2.24) is 10.2 Å². The second-order valence-corrected chi connectivity index (χ2v) is 3.27. The summed E-state index contributed by atoms with van der Waals surface area (Å²) in [5.41, 5.74) is 6.30. The number of rotatable bonds is 4. The highest BCUT2D eigenvalue weighted by Gasteiger charge is 2.27. The predicted octanol–water partition coefficient (Wildman–Crippen LogP) is 0.818. The topological polar surface area (TPSA) is 93.0 Å². The standard InChI is InChI=1S/C8H11F3N4O2/c1-4-6(12)7(15-14-4)13-5(16)2-17-3-8(9,10)11/h2-3,12H2,1H3,(H2,13,14,15,16). The zero-order valence-corrected chi connectivity index (χ0v) is 8.89. The first kappa shape index (κ1) is 13.3. The number of aryl methyl sites for hydroxylation is 1. The van der Waals surface area contributed by atoms with Gasteiger partial charge < -0.3 is 15.8 Å². The first-order valence-corrected chi connectivity index (χ1v) is 4.54. The Bertz CT molecular complexity index is 402. The minimum absolute atomic E-state index is 0.0723. The molecule has 0 fully saturated rings. The van der Waals surface area contributed by atoms with Gasteiger partial charge in [-0.3, -0.25) is 9.89 Å². The van der Waals surface area contributed by atoms with Gasteiger partial charge in [0.2, 0.25) is 0 Å². The largest absolute Gasteiger partial charge is 0.411 e. The molecule has 0 aliphatic rings. The van der Waals surface area contributed by atoms with Crippen molar-refractivity contribution in [3.63, 3.8) is 0 Å². The average Bonchev–Trinajstić information content (AvgIpc) is 2.47. The molecule has 0 bridgehead atoms. The maximum atomic E-state index is 11.7. The number of nitrogens with one attached hydrogen (secondary N) is 2. The Morgan fingerprint density at radius 2 is 2.24 bits per heavy atom. The summed E-state index contributed by atoms with van der Waals surface area (Å²) in [7, 11) is 0. The van der Waals surface area contributed by atoms with Gasteiger partial charge in [-0.2, -0.15) is 18.3 Å². The molecule has 1 aromatic heterocycles. The molecule has 0 saturated heterocycles. The van der Waals surface area contributed by atoms with E-state index in [2.05, 4.69) is 20.3 Å². The molecule has 4 N–H and O–H groups in total. The summed E-state index contributed by atoms with van der Waals surface area (Å²) < 4.78 is 39.3. The summed E-state index contributed by atoms with van der Waals surface area (Å²) in [6, 6.07) is 0. The molecule has 17 heavy (non-hydrogen) atoms. The number of H-pyrrole nitrogens is 1. The molecule has 0 spiro atoms. The number of carbonyl (C=O) groups excluding carboxylic acids is 1. The van der Waals surface area contributed by atoms with Gasteiger partial charge in [0.1, 0.15) is 13.2 Å². The van der Waals surface area contributed by atoms with Crippen molar-refractivity contribution in [3.05, 3.63) is 5.69 Å². The lowest BCUT2D eigenvalue weighted by Crippen LogP contribution is -2.24. The van der Waals surface area contributed by atoms with E-state index in [0.29, 0.717) is 5.69 Å². The Balaban J connectivity index is 2.38. The summed E-state index contributed by atoms with van der Waals surface area (Å²) in [6.45, 7) is -0.557. The fourth-order valence-electron chi connectivity index (χ4n) is 0.961. The van der Waals surface area contributed by atoms with E-state index in [1.54, 1.807) is 6.92 Å². The lowest BCUT2D eigenvalue weighted by molar-refractivity contribution is -0.174. The number of alkyl halides is 3. The Kier molecular flexibility index (Phi) is 3.94. The van der Waals surface area contributed by atoms with Crippen LogP contribution in [0.15, 0.2) is 0 Å². The summed E-state index contributed by atoms with van der Waals surface area (Å²) in [4.78, 5) is 11.1. The van der Waals surface area contributed by atoms with Gasteiger partial charge >= 0.3 is 6.18 Å². The van der Waals surface area contributed by atoms with Gasteiger partial charge in [0.25, 0.3) is 5.91 Å². The van der Waals surface area contributed by atoms with Crippen LogP contribution in [0.4, 0.5) is 24.7 Å². The van der Waals surface area contributed by atoms with E-state index in [4.69, 9.17) is 5.73 Å². The first-order chi connectivity index (χ1) is 7.79. The third-order valence-corrected chi connectivity index (χ3v) is 1.75. The number of nitrogen functional groups attached to an aromatic ring is 1. The van der Waals surface area contributed by atoms with E-state index in [1.807, 2.05) is 0 Å². The molecule has 0 unspecified atom stereocenters. The number of aromatic nitrogens is 2. The van der Waals surface area contributed by atoms with Gasteiger partial charge in [0.05, 0.1) is 11.4 Å². The lowest BCUT2D eigenvalue weighted by atomic mass is 10.4. The fraction of sp³-hybridized carbons (Fsp3) is 0.500. The van der Waals surface area contributed by atoms with Crippen LogP contribution >= 0.6 is 0 Å². The SMILES string of the molecule is Cc1[nH]nc(NC(=O)COCC(F)(F)F)c1N. The fourth-order valence-corrected chi connectivity index (χ4v) is 0.961. The molecule has 1 aromatic rings. The van der Waals surface area contributed by atoms with Crippen LogP contribution in [0.25, 0.3) is 0 Å². The Morgan fingerprint density at radius 1 is 1.59 bits per heavy atom. The molecule has 0 radical (unpaired) electrons. The molecule has 96 valence electrons. The highest BCUT2D eigenvalue weighted by atomic mass is 19.4.